The Bertz CT molecular complexity index is 526. The van der Waals surface area contributed by atoms with E-state index in [4.69, 9.17) is 3.32 Å². The van der Waals surface area contributed by atoms with E-state index in [1.165, 1.54) is 33.4 Å². The molecule has 1 aliphatic carbocycles. The molecule has 0 saturated heterocycles. The zero-order valence-corrected chi connectivity index (χ0v) is 13.1. The summed E-state index contributed by atoms with van der Waals surface area (Å²) >= 11 is 1.75. The van der Waals surface area contributed by atoms with Crippen molar-refractivity contribution in [3.8, 4) is 0 Å². The van der Waals surface area contributed by atoms with Crippen molar-refractivity contribution in [1.82, 2.24) is 0 Å². The monoisotopic (exact) mass is 275 g/mol. The fraction of sp³-hybridized carbons (Fsp3) is 0.375. The van der Waals surface area contributed by atoms with E-state index in [-0.39, 0.29) is 0 Å². The molecular formula is C16H19OTi. The van der Waals surface area contributed by atoms with Gasteiger partial charge in [0, 0.05) is 0 Å². The molecule has 0 spiro atoms. The quantitative estimate of drug-likeness (QED) is 0.742. The predicted molar refractivity (Wildman–Crippen MR) is 71.4 cm³/mol. The molecule has 2 heteroatoms. The van der Waals surface area contributed by atoms with E-state index in [1.807, 2.05) is 0 Å². The molecule has 1 nitrogen and oxygen atoms in total. The van der Waals surface area contributed by atoms with Gasteiger partial charge in [-0.05, 0) is 0 Å². The number of hydrogen-bond donors (Lipinski definition) is 0. The van der Waals surface area contributed by atoms with Gasteiger partial charge in [0.1, 0.15) is 0 Å². The molecule has 0 N–H and O–H groups in total. The Labute approximate surface area is 122 Å². The molecule has 0 saturated carbocycles. The molecule has 93 valence electrons. The molecule has 0 aromatic heterocycles. The molecule has 1 atom stereocenters. The number of benzene rings is 1. The van der Waals surface area contributed by atoms with Crippen LogP contribution in [0.4, 0.5) is 0 Å². The van der Waals surface area contributed by atoms with Crippen LogP contribution in [0.3, 0.4) is 0 Å². The maximum absolute atomic E-state index is 5.32. The van der Waals surface area contributed by atoms with Crippen LogP contribution in [-0.2, 0) is 30.7 Å². The number of hydrogen-bond acceptors (Lipinski definition) is 1. The molecule has 1 aliphatic rings. The summed E-state index contributed by atoms with van der Waals surface area (Å²) in [6.45, 7) is 9.69. The van der Waals surface area contributed by atoms with Crippen molar-refractivity contribution in [1.29, 1.82) is 0 Å². The van der Waals surface area contributed by atoms with Gasteiger partial charge in [-0.2, -0.15) is 0 Å². The Hall–Kier alpha value is -0.626. The minimum atomic E-state index is 0.517. The first-order chi connectivity index (χ1) is 8.57. The predicted octanol–water partition coefficient (Wildman–Crippen LogP) is 4.42. The molecule has 1 aromatic carbocycles. The average molecular weight is 275 g/mol. The Kier molecular flexibility index (Phi) is 4.27. The molecular weight excluding hydrogens is 256 g/mol. The van der Waals surface area contributed by atoms with Crippen molar-refractivity contribution in [3.63, 3.8) is 0 Å². The van der Waals surface area contributed by atoms with Crippen LogP contribution >= 0.6 is 0 Å². The summed E-state index contributed by atoms with van der Waals surface area (Å²) in [5, 5.41) is 0. The summed E-state index contributed by atoms with van der Waals surface area (Å²) in [5.41, 5.74) is 8.48. The summed E-state index contributed by atoms with van der Waals surface area (Å²) in [6.07, 6.45) is 0. The first-order valence-electron chi connectivity index (χ1n) is 6.33. The van der Waals surface area contributed by atoms with E-state index in [9.17, 15) is 0 Å². The van der Waals surface area contributed by atoms with Gasteiger partial charge < -0.3 is 0 Å². The second-order valence-electron chi connectivity index (χ2n) is 5.01. The van der Waals surface area contributed by atoms with Gasteiger partial charge in [-0.25, -0.2) is 0 Å². The van der Waals surface area contributed by atoms with Crippen LogP contribution in [0.15, 0.2) is 41.0 Å². The standard InChI is InChI=1S/C16H19O.Ti/c1-10-11(2)13(4)16(12(10)3)15-8-6-5-7-14(15)9-17;/h5-8,12H,9H2,1-4H3;/q-1;+1. The van der Waals surface area contributed by atoms with Gasteiger partial charge in [-0.3, -0.25) is 0 Å². The average Bonchev–Trinajstić information content (AvgIpc) is 2.56. The summed E-state index contributed by atoms with van der Waals surface area (Å²) in [7, 11) is 0. The van der Waals surface area contributed by atoms with E-state index < -0.39 is 0 Å². The van der Waals surface area contributed by atoms with Crippen LogP contribution in [0.5, 0.6) is 0 Å². The molecule has 1 unspecified atom stereocenters. The fourth-order valence-electron chi connectivity index (χ4n) is 2.79. The topological polar surface area (TPSA) is 9.23 Å². The van der Waals surface area contributed by atoms with Gasteiger partial charge in [-0.15, -0.1) is 0 Å². The third-order valence-corrected chi connectivity index (χ3v) is 4.40. The fourth-order valence-corrected chi connectivity index (χ4v) is 3.03. The van der Waals surface area contributed by atoms with E-state index >= 15 is 0 Å². The number of rotatable bonds is 3. The molecule has 0 aliphatic heterocycles. The van der Waals surface area contributed by atoms with E-state index in [2.05, 4.69) is 52.0 Å². The van der Waals surface area contributed by atoms with E-state index in [0.29, 0.717) is 12.5 Å². The van der Waals surface area contributed by atoms with Crippen LogP contribution < -0.4 is 0 Å². The molecule has 0 radical (unpaired) electrons. The normalized spacial score (nSPS) is 19.8. The second-order valence-corrected chi connectivity index (χ2v) is 5.46. The van der Waals surface area contributed by atoms with Gasteiger partial charge in [0.25, 0.3) is 0 Å². The van der Waals surface area contributed by atoms with Crippen LogP contribution in [0, 0.1) is 5.92 Å². The number of allylic oxidation sites excluding steroid dienone is 4. The summed E-state index contributed by atoms with van der Waals surface area (Å²) < 4.78 is 5.32. The summed E-state index contributed by atoms with van der Waals surface area (Å²) in [6, 6.07) is 8.58. The Morgan fingerprint density at radius 1 is 1.11 bits per heavy atom. The van der Waals surface area contributed by atoms with Crippen molar-refractivity contribution >= 4 is 5.57 Å². The Morgan fingerprint density at radius 3 is 2.33 bits per heavy atom. The van der Waals surface area contributed by atoms with Crippen molar-refractivity contribution in [2.75, 3.05) is 0 Å². The first-order valence-corrected chi connectivity index (χ1v) is 6.97. The molecule has 0 heterocycles. The molecule has 0 fully saturated rings. The van der Waals surface area contributed by atoms with Gasteiger partial charge in [0.15, 0.2) is 0 Å². The first kappa shape index (κ1) is 13.8. The molecule has 18 heavy (non-hydrogen) atoms. The van der Waals surface area contributed by atoms with Crippen LogP contribution in [-0.4, -0.2) is 0 Å². The Morgan fingerprint density at radius 2 is 1.78 bits per heavy atom. The Balaban J connectivity index is 2.52. The summed E-state index contributed by atoms with van der Waals surface area (Å²) in [4.78, 5) is 0. The zero-order valence-electron chi connectivity index (χ0n) is 11.5. The van der Waals surface area contributed by atoms with Crippen LogP contribution in [0.2, 0.25) is 0 Å². The maximum atomic E-state index is 5.32. The molecule has 1 aromatic rings. The molecule has 0 amide bonds. The second kappa shape index (κ2) is 5.56. The third kappa shape index (κ3) is 2.27. The third-order valence-electron chi connectivity index (χ3n) is 4.18. The van der Waals surface area contributed by atoms with E-state index in [1.54, 1.807) is 20.8 Å². The SMILES string of the molecule is CC1=C(C)C(C)C(c2ccccc2C[O][Ti])=C1C. The van der Waals surface area contributed by atoms with Crippen LogP contribution in [0.25, 0.3) is 5.57 Å². The molecule has 0 bridgehead atoms. The van der Waals surface area contributed by atoms with Gasteiger partial charge in [0.2, 0.25) is 0 Å². The van der Waals surface area contributed by atoms with Crippen molar-refractivity contribution in [2.45, 2.75) is 34.3 Å². The van der Waals surface area contributed by atoms with Crippen LogP contribution in [0.1, 0.15) is 38.8 Å². The van der Waals surface area contributed by atoms with Crippen molar-refractivity contribution < 1.29 is 24.1 Å². The molecule has 2 rings (SSSR count). The van der Waals surface area contributed by atoms with Crippen molar-refractivity contribution in [3.05, 3.63) is 52.1 Å². The van der Waals surface area contributed by atoms with Crippen molar-refractivity contribution in [2.24, 2.45) is 5.92 Å². The van der Waals surface area contributed by atoms with Gasteiger partial charge >= 0.3 is 122 Å². The zero-order chi connectivity index (χ0) is 13.3. The van der Waals surface area contributed by atoms with Gasteiger partial charge in [-0.1, -0.05) is 0 Å². The van der Waals surface area contributed by atoms with Gasteiger partial charge in [0.05, 0.1) is 0 Å². The van der Waals surface area contributed by atoms with E-state index in [0.717, 1.165) is 0 Å². The minimum absolute atomic E-state index is 0.517. The summed E-state index contributed by atoms with van der Waals surface area (Å²) in [5.74, 6) is 0.517.